The van der Waals surface area contributed by atoms with E-state index in [0.29, 0.717) is 39.0 Å². The van der Waals surface area contributed by atoms with E-state index < -0.39 is 10.0 Å². The minimum Gasteiger partial charge on any atom is -0.369 e. The Balaban J connectivity index is 1.59. The average Bonchev–Trinajstić information content (AvgIpc) is 2.69. The molecule has 0 saturated carbocycles. The Morgan fingerprint density at radius 3 is 2.11 bits per heavy atom. The van der Waals surface area contributed by atoms with Crippen molar-refractivity contribution < 1.29 is 18.0 Å². The maximum atomic E-state index is 12.7. The van der Waals surface area contributed by atoms with E-state index in [-0.39, 0.29) is 29.0 Å². The molecule has 8 heteroatoms. The Morgan fingerprint density at radius 2 is 1.56 bits per heavy atom. The van der Waals surface area contributed by atoms with E-state index in [1.807, 2.05) is 0 Å². The quantitative estimate of drug-likeness (QED) is 0.810. The Bertz CT molecular complexity index is 778. The van der Waals surface area contributed by atoms with Gasteiger partial charge in [-0.3, -0.25) is 9.59 Å². The van der Waals surface area contributed by atoms with Gasteiger partial charge in [0.1, 0.15) is 0 Å². The van der Waals surface area contributed by atoms with Crippen LogP contribution in [0.15, 0.2) is 29.2 Å². The molecule has 0 radical (unpaired) electrons. The molecule has 2 aliphatic heterocycles. The monoisotopic (exact) mass is 393 g/mol. The Hall–Kier alpha value is -1.93. The van der Waals surface area contributed by atoms with Gasteiger partial charge in [-0.25, -0.2) is 8.42 Å². The van der Waals surface area contributed by atoms with Crippen molar-refractivity contribution in [2.24, 2.45) is 11.7 Å². The molecule has 1 aromatic carbocycles. The molecule has 148 valence electrons. The minimum absolute atomic E-state index is 0.00967. The van der Waals surface area contributed by atoms with E-state index in [9.17, 15) is 18.0 Å². The first-order valence-corrected chi connectivity index (χ1v) is 11.0. The van der Waals surface area contributed by atoms with Gasteiger partial charge in [0.25, 0.3) is 0 Å². The van der Waals surface area contributed by atoms with Crippen molar-refractivity contribution in [2.75, 3.05) is 26.2 Å². The first-order chi connectivity index (χ1) is 12.9. The highest BCUT2D eigenvalue weighted by molar-refractivity contribution is 7.89. The van der Waals surface area contributed by atoms with Crippen LogP contribution in [0.3, 0.4) is 0 Å². The predicted molar refractivity (Wildman–Crippen MR) is 101 cm³/mol. The van der Waals surface area contributed by atoms with Gasteiger partial charge >= 0.3 is 0 Å². The second-order valence-electron chi connectivity index (χ2n) is 7.34. The molecule has 0 bridgehead atoms. The van der Waals surface area contributed by atoms with Crippen molar-refractivity contribution >= 4 is 21.8 Å². The second kappa shape index (κ2) is 8.39. The number of hydrogen-bond acceptors (Lipinski definition) is 4. The zero-order valence-corrected chi connectivity index (χ0v) is 16.3. The Labute approximate surface area is 160 Å². The average molecular weight is 394 g/mol. The molecule has 7 nitrogen and oxygen atoms in total. The van der Waals surface area contributed by atoms with Gasteiger partial charge in [0.05, 0.1) is 11.3 Å². The van der Waals surface area contributed by atoms with E-state index in [2.05, 4.69) is 0 Å². The fourth-order valence-electron chi connectivity index (χ4n) is 3.73. The summed E-state index contributed by atoms with van der Waals surface area (Å²) in [6.45, 7) is 2.22. The number of sulfonamides is 1. The van der Waals surface area contributed by atoms with E-state index in [0.717, 1.165) is 24.8 Å². The highest BCUT2D eigenvalue weighted by atomic mass is 32.2. The van der Waals surface area contributed by atoms with Crippen LogP contribution >= 0.6 is 0 Å². The first kappa shape index (κ1) is 19.8. The standard InChI is InChI=1S/C19H27N3O4S/c20-19(24)16-8-12-21(13-9-16)18(23)14-15-4-6-17(7-5-15)27(25,26)22-10-2-1-3-11-22/h4-7,16H,1-3,8-14H2,(H2,20,24). The number of carbonyl (C=O) groups is 2. The molecule has 0 aromatic heterocycles. The zero-order valence-electron chi connectivity index (χ0n) is 15.5. The molecule has 2 N–H and O–H groups in total. The van der Waals surface area contributed by atoms with Crippen LogP contribution in [-0.4, -0.2) is 55.6 Å². The molecule has 2 fully saturated rings. The van der Waals surface area contributed by atoms with E-state index in [1.165, 1.54) is 0 Å². The molecule has 2 heterocycles. The molecule has 2 amide bonds. The van der Waals surface area contributed by atoms with Crippen molar-refractivity contribution in [3.63, 3.8) is 0 Å². The van der Waals surface area contributed by atoms with Gasteiger partial charge in [0.15, 0.2) is 0 Å². The molecule has 2 saturated heterocycles. The van der Waals surface area contributed by atoms with Crippen molar-refractivity contribution in [3.8, 4) is 0 Å². The van der Waals surface area contributed by atoms with Crippen LogP contribution in [0.5, 0.6) is 0 Å². The molecule has 1 aromatic rings. The van der Waals surface area contributed by atoms with E-state index in [1.54, 1.807) is 33.5 Å². The molecule has 2 aliphatic rings. The summed E-state index contributed by atoms with van der Waals surface area (Å²) in [5, 5.41) is 0. The number of hydrogen-bond donors (Lipinski definition) is 1. The highest BCUT2D eigenvalue weighted by Crippen LogP contribution is 2.22. The van der Waals surface area contributed by atoms with Crippen molar-refractivity contribution in [2.45, 2.75) is 43.4 Å². The lowest BCUT2D eigenvalue weighted by Gasteiger charge is -2.30. The summed E-state index contributed by atoms with van der Waals surface area (Å²) in [5.41, 5.74) is 6.11. The molecule has 0 unspecified atom stereocenters. The van der Waals surface area contributed by atoms with Crippen LogP contribution < -0.4 is 5.73 Å². The zero-order chi connectivity index (χ0) is 19.4. The fraction of sp³-hybridized carbons (Fsp3) is 0.579. The van der Waals surface area contributed by atoms with Crippen molar-refractivity contribution in [1.82, 2.24) is 9.21 Å². The summed E-state index contributed by atoms with van der Waals surface area (Å²) < 4.78 is 26.9. The number of amides is 2. The first-order valence-electron chi connectivity index (χ1n) is 9.54. The number of nitrogens with two attached hydrogens (primary N) is 1. The molecule has 0 aliphatic carbocycles. The number of piperidine rings is 2. The van der Waals surface area contributed by atoms with Gasteiger partial charge < -0.3 is 10.6 Å². The highest BCUT2D eigenvalue weighted by Gasteiger charge is 2.27. The number of nitrogens with zero attached hydrogens (tertiary/aromatic N) is 2. The summed E-state index contributed by atoms with van der Waals surface area (Å²) >= 11 is 0. The SMILES string of the molecule is NC(=O)C1CCN(C(=O)Cc2ccc(S(=O)(=O)N3CCCCC3)cc2)CC1. The van der Waals surface area contributed by atoms with Crippen molar-refractivity contribution in [1.29, 1.82) is 0 Å². The molecule has 0 atom stereocenters. The minimum atomic E-state index is -3.45. The maximum absolute atomic E-state index is 12.7. The van der Waals surface area contributed by atoms with E-state index in [4.69, 9.17) is 5.73 Å². The summed E-state index contributed by atoms with van der Waals surface area (Å²) in [7, 11) is -3.45. The maximum Gasteiger partial charge on any atom is 0.243 e. The third kappa shape index (κ3) is 4.68. The van der Waals surface area contributed by atoms with Crippen LogP contribution in [0, 0.1) is 5.92 Å². The van der Waals surface area contributed by atoms with Crippen LogP contribution in [0.4, 0.5) is 0 Å². The second-order valence-corrected chi connectivity index (χ2v) is 9.28. The normalized spacial score (nSPS) is 19.8. The Kier molecular flexibility index (Phi) is 6.16. The third-order valence-corrected chi connectivity index (χ3v) is 7.39. The van der Waals surface area contributed by atoms with Crippen LogP contribution in [0.2, 0.25) is 0 Å². The number of carbonyl (C=O) groups excluding carboxylic acids is 2. The number of rotatable bonds is 5. The molecule has 0 spiro atoms. The Morgan fingerprint density at radius 1 is 0.963 bits per heavy atom. The molecule has 27 heavy (non-hydrogen) atoms. The van der Waals surface area contributed by atoms with Gasteiger partial charge in [0, 0.05) is 32.1 Å². The lowest BCUT2D eigenvalue weighted by Crippen LogP contribution is -2.42. The topological polar surface area (TPSA) is 101 Å². The molecule has 3 rings (SSSR count). The van der Waals surface area contributed by atoms with Gasteiger partial charge in [-0.2, -0.15) is 4.31 Å². The summed E-state index contributed by atoms with van der Waals surface area (Å²) in [5.74, 6) is -0.453. The van der Waals surface area contributed by atoms with Gasteiger partial charge in [0.2, 0.25) is 21.8 Å². The fourth-order valence-corrected chi connectivity index (χ4v) is 5.25. The predicted octanol–water partition coefficient (Wildman–Crippen LogP) is 1.13. The summed E-state index contributed by atoms with van der Waals surface area (Å²) in [6.07, 6.45) is 4.31. The summed E-state index contributed by atoms with van der Waals surface area (Å²) in [6, 6.07) is 6.60. The number of likely N-dealkylation sites (tertiary alicyclic amines) is 1. The van der Waals surface area contributed by atoms with Crippen LogP contribution in [-0.2, 0) is 26.0 Å². The van der Waals surface area contributed by atoms with E-state index >= 15 is 0 Å². The number of benzene rings is 1. The van der Waals surface area contributed by atoms with Crippen LogP contribution in [0.25, 0.3) is 0 Å². The van der Waals surface area contributed by atoms with Crippen LogP contribution in [0.1, 0.15) is 37.7 Å². The van der Waals surface area contributed by atoms with Gasteiger partial charge in [-0.15, -0.1) is 0 Å². The lowest BCUT2D eigenvalue weighted by molar-refractivity contribution is -0.134. The third-order valence-electron chi connectivity index (χ3n) is 5.48. The molecular weight excluding hydrogens is 366 g/mol. The smallest absolute Gasteiger partial charge is 0.243 e. The summed E-state index contributed by atoms with van der Waals surface area (Å²) in [4.78, 5) is 25.7. The lowest BCUT2D eigenvalue weighted by atomic mass is 9.96. The molecular formula is C19H27N3O4S. The van der Waals surface area contributed by atoms with Gasteiger partial charge in [-0.1, -0.05) is 18.6 Å². The van der Waals surface area contributed by atoms with Crippen molar-refractivity contribution in [3.05, 3.63) is 29.8 Å². The number of primary amides is 1. The van der Waals surface area contributed by atoms with Gasteiger partial charge in [-0.05, 0) is 43.4 Å². The largest absolute Gasteiger partial charge is 0.369 e.